The number of morpholine rings is 1. The number of benzene rings is 1. The van der Waals surface area contributed by atoms with E-state index in [1.54, 1.807) is 12.1 Å². The van der Waals surface area contributed by atoms with Gasteiger partial charge in [-0.25, -0.2) is 9.37 Å². The predicted octanol–water partition coefficient (Wildman–Crippen LogP) is 3.11. The Balaban J connectivity index is 1.69. The molecular weight excluding hydrogens is 371 g/mol. The van der Waals surface area contributed by atoms with Gasteiger partial charge in [0.1, 0.15) is 11.5 Å². The maximum atomic E-state index is 14.6. The Morgan fingerprint density at radius 1 is 1.26 bits per heavy atom. The van der Waals surface area contributed by atoms with E-state index in [1.165, 1.54) is 18.4 Å². The Labute approximate surface area is 160 Å². The highest BCUT2D eigenvalue weighted by atomic mass is 32.1. The minimum Gasteiger partial charge on any atom is -0.372 e. The van der Waals surface area contributed by atoms with Crippen molar-refractivity contribution in [2.75, 3.05) is 28.6 Å². The van der Waals surface area contributed by atoms with Crippen molar-refractivity contribution in [3.8, 4) is 0 Å². The summed E-state index contributed by atoms with van der Waals surface area (Å²) < 4.78 is 20.3. The molecule has 0 spiro atoms. The highest BCUT2D eigenvalue weighted by molar-refractivity contribution is 7.14. The van der Waals surface area contributed by atoms with E-state index in [-0.39, 0.29) is 23.8 Å². The van der Waals surface area contributed by atoms with Gasteiger partial charge in [-0.05, 0) is 32.0 Å². The summed E-state index contributed by atoms with van der Waals surface area (Å²) in [5.41, 5.74) is 0.977. The lowest BCUT2D eigenvalue weighted by Crippen LogP contribution is -2.45. The number of carbonyl (C=O) groups is 2. The molecular formula is C18H21FN4O3S. The summed E-state index contributed by atoms with van der Waals surface area (Å²) in [6.07, 6.45) is 0.0463. The van der Waals surface area contributed by atoms with E-state index in [2.05, 4.69) is 15.6 Å². The number of carbonyl (C=O) groups excluding carboxylic acids is 2. The van der Waals surface area contributed by atoms with Crippen LogP contribution in [0.15, 0.2) is 23.6 Å². The first-order chi connectivity index (χ1) is 12.8. The van der Waals surface area contributed by atoms with E-state index in [0.717, 1.165) is 11.3 Å². The Morgan fingerprint density at radius 3 is 2.59 bits per heavy atom. The largest absolute Gasteiger partial charge is 0.372 e. The molecule has 1 fully saturated rings. The molecule has 2 atom stereocenters. The van der Waals surface area contributed by atoms with Crippen LogP contribution in [0.2, 0.25) is 0 Å². The molecule has 2 heterocycles. The Morgan fingerprint density at radius 2 is 1.96 bits per heavy atom. The molecule has 7 nitrogen and oxygen atoms in total. The van der Waals surface area contributed by atoms with Crippen molar-refractivity contribution in [2.45, 2.75) is 33.0 Å². The fourth-order valence-corrected chi connectivity index (χ4v) is 3.73. The maximum Gasteiger partial charge on any atom is 0.275 e. The number of hydrogen-bond acceptors (Lipinski definition) is 6. The van der Waals surface area contributed by atoms with Crippen LogP contribution in [-0.2, 0) is 9.53 Å². The van der Waals surface area contributed by atoms with Gasteiger partial charge in [-0.15, -0.1) is 11.3 Å². The van der Waals surface area contributed by atoms with Crippen molar-refractivity contribution in [2.24, 2.45) is 0 Å². The second-order valence-corrected chi connectivity index (χ2v) is 7.36. The van der Waals surface area contributed by atoms with Crippen LogP contribution in [0.25, 0.3) is 0 Å². The van der Waals surface area contributed by atoms with Crippen molar-refractivity contribution in [3.63, 3.8) is 0 Å². The number of amides is 2. The average Bonchev–Trinajstić information content (AvgIpc) is 3.01. The van der Waals surface area contributed by atoms with Crippen LogP contribution in [0.5, 0.6) is 0 Å². The first-order valence-electron chi connectivity index (χ1n) is 8.56. The highest BCUT2D eigenvalue weighted by Gasteiger charge is 2.24. The molecule has 1 aromatic carbocycles. The number of nitrogens with zero attached hydrogens (tertiary/aromatic N) is 2. The van der Waals surface area contributed by atoms with Gasteiger partial charge in [0.15, 0.2) is 5.13 Å². The van der Waals surface area contributed by atoms with Gasteiger partial charge < -0.3 is 20.3 Å². The van der Waals surface area contributed by atoms with E-state index < -0.39 is 11.7 Å². The number of rotatable bonds is 4. The van der Waals surface area contributed by atoms with Gasteiger partial charge in [-0.3, -0.25) is 9.59 Å². The van der Waals surface area contributed by atoms with Crippen molar-refractivity contribution < 1.29 is 18.7 Å². The molecule has 0 radical (unpaired) electrons. The van der Waals surface area contributed by atoms with Gasteiger partial charge in [0.2, 0.25) is 5.91 Å². The number of halogens is 1. The Bertz CT molecular complexity index is 847. The third-order valence-electron chi connectivity index (χ3n) is 3.99. The number of nitrogens with one attached hydrogen (secondary N) is 2. The summed E-state index contributed by atoms with van der Waals surface area (Å²) in [7, 11) is 0. The van der Waals surface area contributed by atoms with E-state index in [9.17, 15) is 14.0 Å². The first-order valence-corrected chi connectivity index (χ1v) is 9.44. The predicted molar refractivity (Wildman–Crippen MR) is 103 cm³/mol. The Kier molecular flexibility index (Phi) is 5.71. The molecule has 1 aliphatic rings. The van der Waals surface area contributed by atoms with E-state index in [4.69, 9.17) is 4.74 Å². The van der Waals surface area contributed by atoms with Gasteiger partial charge in [0.05, 0.1) is 17.9 Å². The van der Waals surface area contributed by atoms with Crippen LogP contribution in [-0.4, -0.2) is 42.1 Å². The average molecular weight is 392 g/mol. The molecule has 1 saturated heterocycles. The van der Waals surface area contributed by atoms with Gasteiger partial charge in [0, 0.05) is 31.1 Å². The number of ether oxygens (including phenoxy) is 1. The van der Waals surface area contributed by atoms with E-state index in [0.29, 0.717) is 29.6 Å². The molecule has 2 N–H and O–H groups in total. The maximum absolute atomic E-state index is 14.6. The van der Waals surface area contributed by atoms with E-state index in [1.807, 2.05) is 18.7 Å². The summed E-state index contributed by atoms with van der Waals surface area (Å²) in [4.78, 5) is 29.3. The Hall–Kier alpha value is -2.52. The minimum absolute atomic E-state index is 0.0232. The smallest absolute Gasteiger partial charge is 0.275 e. The SMILES string of the molecule is CC(=O)Nc1nc(C(=O)Nc2ccc(N3C[C@H](C)O[C@@H](C)C3)c(F)c2)cs1. The molecule has 9 heteroatoms. The summed E-state index contributed by atoms with van der Waals surface area (Å²) in [5, 5.41) is 7.01. The second kappa shape index (κ2) is 8.01. The first kappa shape index (κ1) is 19.2. The third-order valence-corrected chi connectivity index (χ3v) is 4.74. The molecule has 0 unspecified atom stereocenters. The normalized spacial score (nSPS) is 19.6. The number of anilines is 3. The molecule has 27 heavy (non-hydrogen) atoms. The lowest BCUT2D eigenvalue weighted by atomic mass is 10.2. The number of aromatic nitrogens is 1. The molecule has 0 aliphatic carbocycles. The zero-order valence-corrected chi connectivity index (χ0v) is 16.1. The molecule has 144 valence electrons. The van der Waals surface area contributed by atoms with Gasteiger partial charge in [0.25, 0.3) is 5.91 Å². The van der Waals surface area contributed by atoms with Crippen LogP contribution in [0.1, 0.15) is 31.3 Å². The quantitative estimate of drug-likeness (QED) is 0.835. The highest BCUT2D eigenvalue weighted by Crippen LogP contribution is 2.26. The van der Waals surface area contributed by atoms with Gasteiger partial charge in [-0.2, -0.15) is 0 Å². The summed E-state index contributed by atoms with van der Waals surface area (Å²) in [6, 6.07) is 4.60. The van der Waals surface area contributed by atoms with Crippen LogP contribution < -0.4 is 15.5 Å². The monoisotopic (exact) mass is 392 g/mol. The molecule has 1 aromatic heterocycles. The van der Waals surface area contributed by atoms with E-state index >= 15 is 0 Å². The molecule has 2 amide bonds. The fraction of sp³-hybridized carbons (Fsp3) is 0.389. The second-order valence-electron chi connectivity index (χ2n) is 6.50. The van der Waals surface area contributed by atoms with Crippen molar-refractivity contribution in [3.05, 3.63) is 35.1 Å². The standard InChI is InChI=1S/C18H21FN4O3S/c1-10-7-23(8-11(2)26-10)16-5-4-13(6-14(16)19)21-17(25)15-9-27-18(22-15)20-12(3)24/h4-6,9-11H,7-8H2,1-3H3,(H,21,25)(H,20,22,24)/t10-,11-/m0/s1. The van der Waals surface area contributed by atoms with Crippen LogP contribution in [0.3, 0.4) is 0 Å². The lowest BCUT2D eigenvalue weighted by Gasteiger charge is -2.37. The molecule has 0 saturated carbocycles. The molecule has 1 aliphatic heterocycles. The van der Waals surface area contributed by atoms with Gasteiger partial charge >= 0.3 is 0 Å². The van der Waals surface area contributed by atoms with Crippen molar-refractivity contribution in [1.29, 1.82) is 0 Å². The summed E-state index contributed by atoms with van der Waals surface area (Å²) in [6.45, 7) is 6.49. The topological polar surface area (TPSA) is 83.6 Å². The van der Waals surface area contributed by atoms with Crippen molar-refractivity contribution >= 4 is 39.7 Å². The van der Waals surface area contributed by atoms with Gasteiger partial charge in [-0.1, -0.05) is 0 Å². The molecule has 2 aromatic rings. The van der Waals surface area contributed by atoms with Crippen LogP contribution in [0.4, 0.5) is 20.9 Å². The summed E-state index contributed by atoms with van der Waals surface area (Å²) >= 11 is 1.15. The number of hydrogen-bond donors (Lipinski definition) is 2. The van der Waals surface area contributed by atoms with Crippen molar-refractivity contribution in [1.82, 2.24) is 4.98 Å². The lowest BCUT2D eigenvalue weighted by molar-refractivity contribution is -0.114. The molecule has 0 bridgehead atoms. The molecule has 3 rings (SSSR count). The number of thiazole rings is 1. The van der Waals surface area contributed by atoms with Crippen LogP contribution in [0, 0.1) is 5.82 Å². The minimum atomic E-state index is -0.469. The zero-order chi connectivity index (χ0) is 19.6. The zero-order valence-electron chi connectivity index (χ0n) is 15.3. The van der Waals surface area contributed by atoms with Crippen LogP contribution >= 0.6 is 11.3 Å². The summed E-state index contributed by atoms with van der Waals surface area (Å²) in [5.74, 6) is -1.14. The third kappa shape index (κ3) is 4.81. The fourth-order valence-electron chi connectivity index (χ4n) is 3.00.